The largest absolute Gasteiger partial charge is 0.494 e. The van der Waals surface area contributed by atoms with E-state index >= 15 is 0 Å². The molecule has 0 radical (unpaired) electrons. The molecule has 2 aromatic carbocycles. The number of rotatable bonds is 12. The Bertz CT molecular complexity index is 1790. The summed E-state index contributed by atoms with van der Waals surface area (Å²) in [6.45, 7) is 16.7. The maximum Gasteiger partial charge on any atom is 0.326 e. The van der Waals surface area contributed by atoms with E-state index in [1.807, 2.05) is 42.5 Å². The molecule has 0 aliphatic carbocycles. The second kappa shape index (κ2) is 13.8. The standard InChI is InChI=1S/C35H44N4O5S2/c1-22(2)25-15-9-10-16-26(25)29-30(23-13-11-14-24(21-23)44-20-19-34(3,4)5)45-33(38-29)39-46(42,43)28-18-12-17-27(36-28)37-31(32(40)41)35(6,7)8/h9-18,21-22,31H,19-20H2,1-8H3,(H,36,37)(H,38,39)(H,40,41). The van der Waals surface area contributed by atoms with Gasteiger partial charge in [-0.3, -0.25) is 4.72 Å². The quantitative estimate of drug-likeness (QED) is 0.137. The van der Waals surface area contributed by atoms with Crippen molar-refractivity contribution in [3.63, 3.8) is 0 Å². The van der Waals surface area contributed by atoms with Crippen molar-refractivity contribution in [3.8, 4) is 27.4 Å². The van der Waals surface area contributed by atoms with Crippen LogP contribution in [0.2, 0.25) is 0 Å². The maximum atomic E-state index is 13.6. The van der Waals surface area contributed by atoms with E-state index in [0.717, 1.165) is 33.7 Å². The zero-order chi connectivity index (χ0) is 33.9. The van der Waals surface area contributed by atoms with Crippen molar-refractivity contribution in [2.24, 2.45) is 10.8 Å². The molecule has 9 nitrogen and oxygen atoms in total. The number of carboxylic acids is 1. The Hall–Kier alpha value is -3.96. The van der Waals surface area contributed by atoms with Crippen LogP contribution < -0.4 is 14.8 Å². The lowest BCUT2D eigenvalue weighted by molar-refractivity contribution is -0.140. The first-order chi connectivity index (χ1) is 21.4. The van der Waals surface area contributed by atoms with Crippen LogP contribution in [0.3, 0.4) is 0 Å². The van der Waals surface area contributed by atoms with E-state index in [0.29, 0.717) is 12.3 Å². The van der Waals surface area contributed by atoms with Crippen LogP contribution in [-0.2, 0) is 14.8 Å². The fraction of sp³-hybridized carbons (Fsp3) is 0.400. The van der Waals surface area contributed by atoms with Gasteiger partial charge in [0.15, 0.2) is 10.2 Å². The fourth-order valence-corrected chi connectivity index (χ4v) is 6.95. The number of thiazole rings is 1. The van der Waals surface area contributed by atoms with Crippen LogP contribution in [-0.4, -0.2) is 42.1 Å². The summed E-state index contributed by atoms with van der Waals surface area (Å²) in [5.74, 6) is 0.0117. The molecule has 2 heterocycles. The molecule has 0 spiro atoms. The summed E-state index contributed by atoms with van der Waals surface area (Å²) in [6.07, 6.45) is 0.897. The number of hydrogen-bond acceptors (Lipinski definition) is 8. The topological polar surface area (TPSA) is 131 Å². The van der Waals surface area contributed by atoms with Crippen molar-refractivity contribution in [2.45, 2.75) is 78.8 Å². The second-order valence-electron chi connectivity index (χ2n) is 13.9. The number of benzene rings is 2. The number of sulfonamides is 1. The third-order valence-corrected chi connectivity index (χ3v) is 9.70. The average Bonchev–Trinajstić information content (AvgIpc) is 3.37. The molecule has 1 atom stereocenters. The Kier molecular flexibility index (Phi) is 10.5. The predicted molar refractivity (Wildman–Crippen MR) is 186 cm³/mol. The maximum absolute atomic E-state index is 13.6. The van der Waals surface area contributed by atoms with Gasteiger partial charge in [0, 0.05) is 5.56 Å². The normalized spacial score (nSPS) is 13.0. The molecule has 0 bridgehead atoms. The molecule has 0 saturated carbocycles. The molecule has 0 amide bonds. The molecule has 4 aromatic rings. The molecule has 246 valence electrons. The Morgan fingerprint density at radius 3 is 2.30 bits per heavy atom. The van der Waals surface area contributed by atoms with Crippen molar-refractivity contribution in [3.05, 3.63) is 72.3 Å². The van der Waals surface area contributed by atoms with Gasteiger partial charge in [-0.15, -0.1) is 0 Å². The molecular formula is C35H44N4O5S2. The van der Waals surface area contributed by atoms with Crippen molar-refractivity contribution in [1.82, 2.24) is 9.97 Å². The Labute approximate surface area is 276 Å². The summed E-state index contributed by atoms with van der Waals surface area (Å²) in [7, 11) is -4.18. The van der Waals surface area contributed by atoms with E-state index in [1.54, 1.807) is 26.8 Å². The van der Waals surface area contributed by atoms with Gasteiger partial charge in [-0.05, 0) is 58.6 Å². The minimum absolute atomic E-state index is 0.139. The monoisotopic (exact) mass is 664 g/mol. The highest BCUT2D eigenvalue weighted by atomic mass is 32.2. The number of aromatic nitrogens is 2. The summed E-state index contributed by atoms with van der Waals surface area (Å²) in [5.41, 5.74) is 3.03. The van der Waals surface area contributed by atoms with Gasteiger partial charge in [-0.2, -0.15) is 8.42 Å². The summed E-state index contributed by atoms with van der Waals surface area (Å²) >= 11 is 1.23. The molecule has 11 heteroatoms. The zero-order valence-corrected chi connectivity index (χ0v) is 29.3. The molecule has 46 heavy (non-hydrogen) atoms. The predicted octanol–water partition coefficient (Wildman–Crippen LogP) is 8.52. The first-order valence-corrected chi connectivity index (χ1v) is 17.6. The smallest absolute Gasteiger partial charge is 0.326 e. The molecule has 0 aliphatic rings. The highest BCUT2D eigenvalue weighted by Crippen LogP contribution is 2.43. The number of carboxylic acid groups (broad SMARTS) is 1. The van der Waals surface area contributed by atoms with Crippen LogP contribution in [0.15, 0.2) is 71.8 Å². The van der Waals surface area contributed by atoms with Crippen LogP contribution in [0.4, 0.5) is 10.9 Å². The summed E-state index contributed by atoms with van der Waals surface area (Å²) in [4.78, 5) is 21.8. The van der Waals surface area contributed by atoms with E-state index in [4.69, 9.17) is 9.72 Å². The average molecular weight is 665 g/mol. The summed E-state index contributed by atoms with van der Waals surface area (Å²) in [5, 5.41) is 12.5. The van der Waals surface area contributed by atoms with Gasteiger partial charge in [0.1, 0.15) is 17.6 Å². The highest BCUT2D eigenvalue weighted by Gasteiger charge is 2.32. The number of nitrogens with zero attached hydrogens (tertiary/aromatic N) is 2. The third-order valence-electron chi connectivity index (χ3n) is 7.31. The van der Waals surface area contributed by atoms with E-state index in [2.05, 4.69) is 55.7 Å². The lowest BCUT2D eigenvalue weighted by Crippen LogP contribution is -2.41. The Balaban J connectivity index is 1.72. The van der Waals surface area contributed by atoms with E-state index in [9.17, 15) is 18.3 Å². The number of aliphatic carboxylic acids is 1. The molecular weight excluding hydrogens is 621 g/mol. The minimum atomic E-state index is -4.18. The van der Waals surface area contributed by atoms with Crippen LogP contribution in [0.25, 0.3) is 21.7 Å². The SMILES string of the molecule is CC(C)c1ccccc1-c1nc(NS(=O)(=O)c2cccc(NC(C(=O)O)C(C)(C)C)n2)sc1-c1cccc(OCCC(C)(C)C)c1. The van der Waals surface area contributed by atoms with Gasteiger partial charge in [-0.25, -0.2) is 14.8 Å². The van der Waals surface area contributed by atoms with Crippen LogP contribution in [0.5, 0.6) is 5.75 Å². The molecule has 2 aromatic heterocycles. The number of nitrogens with one attached hydrogen (secondary N) is 2. The van der Waals surface area contributed by atoms with Gasteiger partial charge < -0.3 is 15.2 Å². The van der Waals surface area contributed by atoms with Gasteiger partial charge in [-0.1, -0.05) is 109 Å². The van der Waals surface area contributed by atoms with Gasteiger partial charge in [0.25, 0.3) is 10.0 Å². The highest BCUT2D eigenvalue weighted by molar-refractivity contribution is 7.92. The number of hydrogen-bond donors (Lipinski definition) is 3. The first-order valence-electron chi connectivity index (χ1n) is 15.3. The lowest BCUT2D eigenvalue weighted by atomic mass is 9.87. The van der Waals surface area contributed by atoms with E-state index < -0.39 is 27.4 Å². The number of carbonyl (C=O) groups is 1. The Morgan fingerprint density at radius 2 is 1.65 bits per heavy atom. The number of pyridine rings is 1. The molecule has 4 rings (SSSR count). The van der Waals surface area contributed by atoms with Gasteiger partial charge in [0.05, 0.1) is 17.2 Å². The lowest BCUT2D eigenvalue weighted by Gasteiger charge is -2.28. The zero-order valence-electron chi connectivity index (χ0n) is 27.7. The third kappa shape index (κ3) is 8.85. The van der Waals surface area contributed by atoms with Crippen molar-refractivity contribution in [1.29, 1.82) is 0 Å². The summed E-state index contributed by atoms with van der Waals surface area (Å²) in [6, 6.07) is 19.2. The Morgan fingerprint density at radius 1 is 0.957 bits per heavy atom. The van der Waals surface area contributed by atoms with Crippen LogP contribution in [0, 0.1) is 10.8 Å². The fourth-order valence-electron chi connectivity index (χ4n) is 4.77. The van der Waals surface area contributed by atoms with Crippen molar-refractivity contribution in [2.75, 3.05) is 16.6 Å². The van der Waals surface area contributed by atoms with E-state index in [-0.39, 0.29) is 27.3 Å². The van der Waals surface area contributed by atoms with Crippen LogP contribution in [0.1, 0.15) is 73.3 Å². The number of ether oxygens (including phenoxy) is 1. The van der Waals surface area contributed by atoms with Crippen LogP contribution >= 0.6 is 11.3 Å². The molecule has 1 unspecified atom stereocenters. The minimum Gasteiger partial charge on any atom is -0.494 e. The van der Waals surface area contributed by atoms with Gasteiger partial charge >= 0.3 is 5.97 Å². The molecule has 3 N–H and O–H groups in total. The molecule has 0 fully saturated rings. The first kappa shape index (κ1) is 34.9. The second-order valence-corrected chi connectivity index (χ2v) is 16.5. The summed E-state index contributed by atoms with van der Waals surface area (Å²) < 4.78 is 36.0. The molecule has 0 saturated heterocycles. The van der Waals surface area contributed by atoms with Gasteiger partial charge in [0.2, 0.25) is 0 Å². The number of anilines is 2. The van der Waals surface area contributed by atoms with E-state index in [1.165, 1.54) is 23.5 Å². The van der Waals surface area contributed by atoms with Crippen molar-refractivity contribution < 1.29 is 23.1 Å². The van der Waals surface area contributed by atoms with Crippen molar-refractivity contribution >= 4 is 38.3 Å². The molecule has 0 aliphatic heterocycles.